The summed E-state index contributed by atoms with van der Waals surface area (Å²) in [4.78, 5) is 17.1. The highest BCUT2D eigenvalue weighted by molar-refractivity contribution is 7.07. The third kappa shape index (κ3) is 5.83. The normalized spacial score (nSPS) is 10.7. The Kier molecular flexibility index (Phi) is 6.96. The van der Waals surface area contributed by atoms with Crippen molar-refractivity contribution in [2.24, 2.45) is 0 Å². The molecule has 0 atom stereocenters. The second-order valence-electron chi connectivity index (χ2n) is 8.04. The summed E-state index contributed by atoms with van der Waals surface area (Å²) in [5.74, 6) is 0.495. The topological polar surface area (TPSA) is 69.0 Å². The Bertz CT molecular complexity index is 1380. The molecule has 0 radical (unpaired) electrons. The first-order valence-electron chi connectivity index (χ1n) is 11.3. The van der Waals surface area contributed by atoms with Crippen LogP contribution in [-0.4, -0.2) is 20.7 Å². The van der Waals surface area contributed by atoms with Gasteiger partial charge in [0.2, 0.25) is 0 Å². The fourth-order valence-corrected chi connectivity index (χ4v) is 4.34. The van der Waals surface area contributed by atoms with E-state index in [4.69, 9.17) is 4.74 Å². The summed E-state index contributed by atoms with van der Waals surface area (Å²) in [6, 6.07) is 25.7. The molecule has 2 heterocycles. The fraction of sp³-hybridized carbons (Fsp3) is 0.107. The van der Waals surface area contributed by atoms with Crippen molar-refractivity contribution in [3.63, 3.8) is 0 Å². The van der Waals surface area contributed by atoms with Gasteiger partial charge >= 0.3 is 0 Å². The molecule has 0 saturated carbocycles. The van der Waals surface area contributed by atoms with Gasteiger partial charge in [0.25, 0.3) is 5.91 Å². The maximum Gasteiger partial charge on any atom is 0.251 e. The number of carbonyl (C=O) groups is 1. The molecule has 6 nitrogen and oxygen atoms in total. The van der Waals surface area contributed by atoms with Crippen LogP contribution in [0.3, 0.4) is 0 Å². The van der Waals surface area contributed by atoms with E-state index in [-0.39, 0.29) is 5.91 Å². The average molecular weight is 481 g/mol. The van der Waals surface area contributed by atoms with E-state index in [1.807, 2.05) is 52.7 Å². The van der Waals surface area contributed by atoms with Crippen LogP contribution in [0.25, 0.3) is 11.1 Å². The second-order valence-corrected chi connectivity index (χ2v) is 8.76. The minimum Gasteiger partial charge on any atom is -0.487 e. The van der Waals surface area contributed by atoms with Crippen molar-refractivity contribution in [1.82, 2.24) is 20.1 Å². The average Bonchev–Trinajstić information content (AvgIpc) is 3.62. The van der Waals surface area contributed by atoms with Crippen LogP contribution in [0, 0.1) is 0 Å². The summed E-state index contributed by atoms with van der Waals surface area (Å²) in [5.41, 5.74) is 7.64. The minimum absolute atomic E-state index is 0.145. The molecule has 0 aliphatic carbocycles. The summed E-state index contributed by atoms with van der Waals surface area (Å²) in [6.07, 6.45) is 3.74. The molecule has 5 rings (SSSR count). The van der Waals surface area contributed by atoms with Crippen LogP contribution < -0.4 is 10.1 Å². The minimum atomic E-state index is -0.145. The maximum absolute atomic E-state index is 12.9. The molecule has 2 aromatic heterocycles. The Morgan fingerprint density at radius 2 is 1.89 bits per heavy atom. The highest BCUT2D eigenvalue weighted by Crippen LogP contribution is 2.24. The smallest absolute Gasteiger partial charge is 0.251 e. The standard InChI is InChI=1S/C28H24N4O2S/c33-28(23-6-3-7-26(15-23)34-18-25-19-35-20-30-25)29-16-24-5-1-2-8-27(24)22-11-9-21(10-12-22)17-32-14-4-13-31-32/h1-15,19-20H,16-18H2,(H,29,33). The number of aromatic nitrogens is 3. The van der Waals surface area contributed by atoms with Gasteiger partial charge in [-0.3, -0.25) is 9.48 Å². The number of carbonyl (C=O) groups excluding carboxylic acids is 1. The van der Waals surface area contributed by atoms with Gasteiger partial charge in [0.05, 0.1) is 17.7 Å². The van der Waals surface area contributed by atoms with Gasteiger partial charge in [-0.25, -0.2) is 4.98 Å². The molecule has 0 fully saturated rings. The van der Waals surface area contributed by atoms with Gasteiger partial charge in [0.1, 0.15) is 12.4 Å². The number of hydrogen-bond acceptors (Lipinski definition) is 5. The molecule has 7 heteroatoms. The lowest BCUT2D eigenvalue weighted by Gasteiger charge is -2.12. The molecule has 0 unspecified atom stereocenters. The molecule has 0 saturated heterocycles. The van der Waals surface area contributed by atoms with Crippen molar-refractivity contribution in [1.29, 1.82) is 0 Å². The van der Waals surface area contributed by atoms with E-state index >= 15 is 0 Å². The third-order valence-electron chi connectivity index (χ3n) is 5.59. The number of benzene rings is 3. The van der Waals surface area contributed by atoms with Gasteiger partial charge in [-0.1, -0.05) is 54.6 Å². The van der Waals surface area contributed by atoms with Crippen molar-refractivity contribution >= 4 is 17.2 Å². The quantitative estimate of drug-likeness (QED) is 0.300. The van der Waals surface area contributed by atoms with E-state index in [0.29, 0.717) is 24.5 Å². The Labute approximate surface area is 207 Å². The zero-order valence-corrected chi connectivity index (χ0v) is 19.8. The summed E-state index contributed by atoms with van der Waals surface area (Å²) in [5, 5.41) is 9.26. The Hall–Kier alpha value is -4.23. The van der Waals surface area contributed by atoms with Crippen LogP contribution in [0.5, 0.6) is 5.75 Å². The number of rotatable bonds is 9. The van der Waals surface area contributed by atoms with Crippen LogP contribution in [0.15, 0.2) is 102 Å². The van der Waals surface area contributed by atoms with Crippen LogP contribution in [0.1, 0.15) is 27.2 Å². The van der Waals surface area contributed by atoms with Crippen molar-refractivity contribution in [3.05, 3.63) is 125 Å². The van der Waals surface area contributed by atoms with E-state index in [9.17, 15) is 4.79 Å². The van der Waals surface area contributed by atoms with Crippen molar-refractivity contribution in [3.8, 4) is 16.9 Å². The first-order valence-corrected chi connectivity index (χ1v) is 12.2. The number of thiazole rings is 1. The van der Waals surface area contributed by atoms with Crippen LogP contribution in [-0.2, 0) is 19.7 Å². The molecule has 3 aromatic carbocycles. The number of hydrogen-bond donors (Lipinski definition) is 1. The van der Waals surface area contributed by atoms with Crippen LogP contribution in [0.2, 0.25) is 0 Å². The van der Waals surface area contributed by atoms with Crippen molar-refractivity contribution < 1.29 is 9.53 Å². The predicted molar refractivity (Wildman–Crippen MR) is 137 cm³/mol. The van der Waals surface area contributed by atoms with Crippen molar-refractivity contribution in [2.45, 2.75) is 19.7 Å². The van der Waals surface area contributed by atoms with E-state index in [2.05, 4.69) is 45.7 Å². The lowest BCUT2D eigenvalue weighted by Crippen LogP contribution is -2.23. The first kappa shape index (κ1) is 22.6. The molecule has 1 N–H and O–H groups in total. The van der Waals surface area contributed by atoms with E-state index in [0.717, 1.165) is 28.9 Å². The molecule has 0 spiro atoms. The third-order valence-corrected chi connectivity index (χ3v) is 6.23. The lowest BCUT2D eigenvalue weighted by atomic mass is 9.98. The van der Waals surface area contributed by atoms with E-state index < -0.39 is 0 Å². The summed E-state index contributed by atoms with van der Waals surface area (Å²) < 4.78 is 7.68. The molecule has 0 aliphatic heterocycles. The molecule has 35 heavy (non-hydrogen) atoms. The van der Waals surface area contributed by atoms with E-state index in [1.54, 1.807) is 23.8 Å². The van der Waals surface area contributed by atoms with Gasteiger partial charge in [0.15, 0.2) is 0 Å². The van der Waals surface area contributed by atoms with Gasteiger partial charge in [-0.15, -0.1) is 11.3 Å². The van der Waals surface area contributed by atoms with Crippen LogP contribution >= 0.6 is 11.3 Å². The number of nitrogens with one attached hydrogen (secondary N) is 1. The fourth-order valence-electron chi connectivity index (χ4n) is 3.80. The summed E-state index contributed by atoms with van der Waals surface area (Å²) >= 11 is 1.53. The Morgan fingerprint density at radius 3 is 2.69 bits per heavy atom. The number of amides is 1. The molecule has 0 aliphatic rings. The largest absolute Gasteiger partial charge is 0.487 e. The lowest BCUT2D eigenvalue weighted by molar-refractivity contribution is 0.0950. The monoisotopic (exact) mass is 480 g/mol. The highest BCUT2D eigenvalue weighted by atomic mass is 32.1. The Balaban J connectivity index is 1.23. The zero-order valence-electron chi connectivity index (χ0n) is 19.0. The van der Waals surface area contributed by atoms with Crippen LogP contribution in [0.4, 0.5) is 0 Å². The van der Waals surface area contributed by atoms with Gasteiger partial charge in [-0.2, -0.15) is 5.10 Å². The van der Waals surface area contributed by atoms with Crippen molar-refractivity contribution in [2.75, 3.05) is 0 Å². The SMILES string of the molecule is O=C(NCc1ccccc1-c1ccc(Cn2cccn2)cc1)c1cccc(OCc2cscn2)c1. The molecule has 1 amide bonds. The summed E-state index contributed by atoms with van der Waals surface area (Å²) in [7, 11) is 0. The highest BCUT2D eigenvalue weighted by Gasteiger charge is 2.10. The maximum atomic E-state index is 12.9. The molecule has 5 aromatic rings. The van der Waals surface area contributed by atoms with Gasteiger partial charge in [-0.05, 0) is 46.5 Å². The Morgan fingerprint density at radius 1 is 1.00 bits per heavy atom. The summed E-state index contributed by atoms with van der Waals surface area (Å²) in [6.45, 7) is 1.54. The number of ether oxygens (including phenoxy) is 1. The van der Waals surface area contributed by atoms with E-state index in [1.165, 1.54) is 16.9 Å². The first-order chi connectivity index (χ1) is 17.2. The van der Waals surface area contributed by atoms with Gasteiger partial charge < -0.3 is 10.1 Å². The molecular weight excluding hydrogens is 456 g/mol. The predicted octanol–water partition coefficient (Wildman–Crippen LogP) is 5.56. The van der Waals surface area contributed by atoms with Gasteiger partial charge in [0, 0.05) is 29.9 Å². The molecule has 174 valence electrons. The number of nitrogens with zero attached hydrogens (tertiary/aromatic N) is 3. The molecular formula is C28H24N4O2S. The molecule has 0 bridgehead atoms. The second kappa shape index (κ2) is 10.8. The zero-order chi connectivity index (χ0) is 23.9.